The van der Waals surface area contributed by atoms with E-state index in [9.17, 15) is 103 Å². The molecule has 0 aromatic heterocycles. The number of phenolic OH excluding ortho intramolecular Hbond substituents is 2. The molecular weight excluding hydrogens is 1300 g/mol. The van der Waals surface area contributed by atoms with Crippen molar-refractivity contribution in [3.8, 4) is 34.5 Å². The van der Waals surface area contributed by atoms with Crippen LogP contribution >= 0.6 is 0 Å². The molecular formula is C52H26CrN10O22S4-5. The fourth-order valence-electron chi connectivity index (χ4n) is 8.32. The summed E-state index contributed by atoms with van der Waals surface area (Å²) in [5.74, 6) is -5.67. The van der Waals surface area contributed by atoms with E-state index in [4.69, 9.17) is 0 Å². The number of fused-ring (bicyclic) bond motifs is 4. The zero-order valence-electron chi connectivity index (χ0n) is 43.4. The summed E-state index contributed by atoms with van der Waals surface area (Å²) in [5.41, 5.74) is -6.60. The number of hydrogen-bond acceptors (Lipinski definition) is 30. The van der Waals surface area contributed by atoms with Crippen LogP contribution in [0.3, 0.4) is 0 Å². The maximum absolute atomic E-state index is 13.2. The third kappa shape index (κ3) is 13.7. The summed E-state index contributed by atoms with van der Waals surface area (Å²) in [7, 11) is -21.5. The van der Waals surface area contributed by atoms with Crippen LogP contribution in [0.2, 0.25) is 0 Å². The number of azo groups is 4. The first-order valence-electron chi connectivity index (χ1n) is 23.8. The van der Waals surface area contributed by atoms with Gasteiger partial charge in [0.1, 0.15) is 63.3 Å². The molecule has 0 bridgehead atoms. The summed E-state index contributed by atoms with van der Waals surface area (Å²) in [6.45, 7) is 0. The van der Waals surface area contributed by atoms with E-state index in [0.717, 1.165) is 22.9 Å². The predicted octanol–water partition coefficient (Wildman–Crippen LogP) is 8.78. The molecule has 0 heterocycles. The molecule has 10 aromatic rings. The van der Waals surface area contributed by atoms with Gasteiger partial charge in [0.25, 0.3) is 11.4 Å². The number of rotatable bonds is 14. The molecule has 0 spiro atoms. The van der Waals surface area contributed by atoms with Crippen molar-refractivity contribution in [2.45, 2.75) is 19.6 Å². The molecule has 32 nitrogen and oxygen atoms in total. The van der Waals surface area contributed by atoms with E-state index in [1.54, 1.807) is 60.7 Å². The summed E-state index contributed by atoms with van der Waals surface area (Å²) < 4.78 is 141. The number of nitro benzene ring substituents is 2. The number of nitrogens with zero attached hydrogens (tertiary/aromatic N) is 10. The van der Waals surface area contributed by atoms with Crippen LogP contribution in [-0.2, 0) is 57.8 Å². The Bertz CT molecular complexity index is 4950. The molecule has 0 fully saturated rings. The Kier molecular flexibility index (Phi) is 17.8. The number of aromatic hydroxyl groups is 2. The van der Waals surface area contributed by atoms with Crippen molar-refractivity contribution in [1.29, 1.82) is 0 Å². The summed E-state index contributed by atoms with van der Waals surface area (Å²) in [6, 6.07) is 30.4. The minimum Gasteiger partial charge on any atom is -0.871 e. The van der Waals surface area contributed by atoms with Gasteiger partial charge in [0, 0.05) is 34.4 Å². The molecule has 1 radical (unpaired) electrons. The summed E-state index contributed by atoms with van der Waals surface area (Å²) >= 11 is 0. The topological polar surface area (TPSA) is 547 Å². The van der Waals surface area contributed by atoms with Crippen LogP contribution in [0.15, 0.2) is 206 Å². The molecule has 89 heavy (non-hydrogen) atoms. The number of benzene rings is 10. The van der Waals surface area contributed by atoms with Gasteiger partial charge in [0.2, 0.25) is 0 Å². The molecule has 10 aromatic carbocycles. The Labute approximate surface area is 508 Å². The monoisotopic (exact) mass is 1320 g/mol. The first-order valence-corrected chi connectivity index (χ1v) is 29.4. The van der Waals surface area contributed by atoms with Crippen LogP contribution < -0.4 is 20.4 Å². The van der Waals surface area contributed by atoms with Gasteiger partial charge in [-0.1, -0.05) is 84.3 Å². The third-order valence-corrected chi connectivity index (χ3v) is 15.7. The van der Waals surface area contributed by atoms with Gasteiger partial charge in [-0.05, 0) is 93.0 Å². The minimum absolute atomic E-state index is 0. The first kappa shape index (κ1) is 64.4. The SMILES string of the molecule is O=[N+]([O-])c1cc(S(=O)(=O)[O-])cc(N=Nc2c(S(=O)(=O)[O-])cc3cc(N=Nc4c(O)ccc5ccccc45)ccc3c2[O-])c1[O-].O=[N+]([O-])c1cc(S(=O)(=O)[O-])cc(N=Nc2c(S(=O)(=O)[O-])cc3cc(N=Nc4c(O)ccc5ccccc45)ccc3c2[O-])c1[O-].[Cr+3]. The molecule has 0 amide bonds. The second kappa shape index (κ2) is 24.7. The Hall–Kier alpha value is -10.6. The normalized spacial score (nSPS) is 12.4. The third-order valence-electron chi connectivity index (χ3n) is 12.4. The second-order valence-corrected chi connectivity index (χ2v) is 23.4. The van der Waals surface area contributed by atoms with Crippen molar-refractivity contribution in [2.24, 2.45) is 40.9 Å². The maximum atomic E-state index is 13.2. The van der Waals surface area contributed by atoms with Crippen molar-refractivity contribution in [2.75, 3.05) is 0 Å². The van der Waals surface area contributed by atoms with E-state index in [2.05, 4.69) is 40.9 Å². The van der Waals surface area contributed by atoms with Gasteiger partial charge >= 0.3 is 17.4 Å². The quantitative estimate of drug-likeness (QED) is 0.0444. The van der Waals surface area contributed by atoms with E-state index >= 15 is 0 Å². The van der Waals surface area contributed by atoms with Crippen molar-refractivity contribution < 1.29 is 110 Å². The number of nitro groups is 2. The van der Waals surface area contributed by atoms with Crippen molar-refractivity contribution >= 4 is 140 Å². The minimum atomic E-state index is -5.44. The standard InChI is InChI=1S/2C26H17N5O11S2.Cr/c2*32-21-8-5-13-3-1-2-4-17(13)23(21)29-27-15-6-7-18-14(9-15)10-22(44(40,41)42)24(25(18)33)30-28-19-11-16(43(37,38)39)12-20(26(19)34)31(35)36;/h2*1-12,32-34H,(H,37,38,39)(H,40,41,42);/q;;+3/p-8. The summed E-state index contributed by atoms with van der Waals surface area (Å²) in [4.78, 5) is 15.0. The molecule has 451 valence electrons. The van der Waals surface area contributed by atoms with Gasteiger partial charge in [0.05, 0.1) is 63.6 Å². The van der Waals surface area contributed by atoms with Crippen molar-refractivity contribution in [3.05, 3.63) is 166 Å². The fourth-order valence-corrected chi connectivity index (χ4v) is 10.6. The number of hydrogen-bond donors (Lipinski definition) is 2. The zero-order valence-corrected chi connectivity index (χ0v) is 48.0. The van der Waals surface area contributed by atoms with Crippen molar-refractivity contribution in [3.63, 3.8) is 0 Å². The Balaban J connectivity index is 0.000000228. The van der Waals surface area contributed by atoms with E-state index in [1.165, 1.54) is 48.5 Å². The van der Waals surface area contributed by atoms with Crippen LogP contribution in [0.5, 0.6) is 34.5 Å². The van der Waals surface area contributed by atoms with Crippen LogP contribution in [0.1, 0.15) is 0 Å². The molecule has 10 rings (SSSR count). The van der Waals surface area contributed by atoms with E-state index < -0.39 is 127 Å². The molecule has 0 saturated heterocycles. The predicted molar refractivity (Wildman–Crippen MR) is 292 cm³/mol. The van der Waals surface area contributed by atoms with Crippen molar-refractivity contribution in [1.82, 2.24) is 0 Å². The van der Waals surface area contributed by atoms with Gasteiger partial charge < -0.3 is 48.9 Å². The maximum Gasteiger partial charge on any atom is 3.00 e. The largest absolute Gasteiger partial charge is 3.00 e. The average molecular weight is 1320 g/mol. The number of phenols is 2. The van der Waals surface area contributed by atoms with Gasteiger partial charge in [-0.25, -0.2) is 33.7 Å². The molecule has 0 saturated carbocycles. The second-order valence-electron chi connectivity index (χ2n) is 17.9. The van der Waals surface area contributed by atoms with E-state index in [-0.39, 0.29) is 85.3 Å². The first-order chi connectivity index (χ1) is 41.3. The van der Waals surface area contributed by atoms with Crippen LogP contribution in [-0.4, -0.2) is 71.9 Å². The van der Waals surface area contributed by atoms with Crippen LogP contribution in [0.4, 0.5) is 56.9 Å². The van der Waals surface area contributed by atoms with Gasteiger partial charge in [-0.15, -0.1) is 20.5 Å². The van der Waals surface area contributed by atoms with Gasteiger partial charge in [-0.3, -0.25) is 20.2 Å². The van der Waals surface area contributed by atoms with Crippen LogP contribution in [0, 0.1) is 20.2 Å². The van der Waals surface area contributed by atoms with Gasteiger partial charge in [-0.2, -0.15) is 20.5 Å². The molecule has 37 heteroatoms. The average Bonchev–Trinajstić information content (AvgIpc) is 1.48. The van der Waals surface area contributed by atoms with Gasteiger partial charge in [0.15, 0.2) is 0 Å². The zero-order chi connectivity index (χ0) is 63.9. The van der Waals surface area contributed by atoms with E-state index in [1.807, 2.05) is 0 Å². The Morgan fingerprint density at radius 2 is 0.697 bits per heavy atom. The van der Waals surface area contributed by atoms with Crippen LogP contribution in [0.25, 0.3) is 43.1 Å². The van der Waals surface area contributed by atoms with E-state index in [0.29, 0.717) is 22.9 Å². The molecule has 0 aliphatic carbocycles. The Morgan fingerprint density at radius 1 is 0.348 bits per heavy atom. The smallest absolute Gasteiger partial charge is 0.871 e. The Morgan fingerprint density at radius 3 is 1.03 bits per heavy atom. The molecule has 0 aliphatic heterocycles. The molecule has 0 atom stereocenters. The molecule has 0 unspecified atom stereocenters. The molecule has 2 N–H and O–H groups in total. The fraction of sp³-hybridized carbons (Fsp3) is 0. The summed E-state index contributed by atoms with van der Waals surface area (Å²) in [5, 5.41) is 126. The summed E-state index contributed by atoms with van der Waals surface area (Å²) in [6.07, 6.45) is 0. The molecule has 0 aliphatic rings.